The summed E-state index contributed by atoms with van der Waals surface area (Å²) in [5.74, 6) is 0. The fourth-order valence-corrected chi connectivity index (χ4v) is 6.25. The summed E-state index contributed by atoms with van der Waals surface area (Å²) in [5, 5.41) is 1.13. The van der Waals surface area contributed by atoms with Crippen LogP contribution >= 0.6 is 11.3 Å². The van der Waals surface area contributed by atoms with Gasteiger partial charge in [0.05, 0.1) is 16.7 Å². The summed E-state index contributed by atoms with van der Waals surface area (Å²) in [6.07, 6.45) is 3.32. The Kier molecular flexibility index (Phi) is 5.09. The molecule has 6 heteroatoms. The van der Waals surface area contributed by atoms with Gasteiger partial charge in [-0.1, -0.05) is 0 Å². The number of nitrogens with one attached hydrogen (secondary N) is 1. The van der Waals surface area contributed by atoms with Crippen molar-refractivity contribution < 1.29 is 4.55 Å². The molecule has 2 atom stereocenters. The summed E-state index contributed by atoms with van der Waals surface area (Å²) in [6, 6.07) is 0.177. The molecule has 0 saturated carbocycles. The molecular weight excluding hydrogens is 350 g/mol. The summed E-state index contributed by atoms with van der Waals surface area (Å²) >= 11 is 0.726. The number of aryl methyl sites for hydroxylation is 1. The van der Waals surface area contributed by atoms with E-state index in [0.29, 0.717) is 0 Å². The number of fused-ring (bicyclic) bond motifs is 1. The van der Waals surface area contributed by atoms with Crippen molar-refractivity contribution in [3.63, 3.8) is 0 Å². The fourth-order valence-electron chi connectivity index (χ4n) is 4.10. The van der Waals surface area contributed by atoms with Crippen molar-refractivity contribution in [3.8, 4) is 0 Å². The average Bonchev–Trinajstić information content (AvgIpc) is 2.93. The molecule has 3 rings (SSSR count). The molecule has 25 heavy (non-hydrogen) atoms. The third-order valence-electron chi connectivity index (χ3n) is 5.72. The van der Waals surface area contributed by atoms with Crippen molar-refractivity contribution in [1.29, 1.82) is 0 Å². The van der Waals surface area contributed by atoms with Crippen molar-refractivity contribution in [2.75, 3.05) is 13.1 Å². The monoisotopic (exact) mass is 383 g/mol. The maximum atomic E-state index is 12.9. The van der Waals surface area contributed by atoms with Gasteiger partial charge in [0.15, 0.2) is 0 Å². The number of rotatable bonds is 2. The molecule has 4 nitrogen and oxygen atoms in total. The first kappa shape index (κ1) is 19.6. The predicted octanol–water partition coefficient (Wildman–Crippen LogP) is 3.98. The maximum absolute atomic E-state index is 12.9. The number of hydrogen-bond acceptors (Lipinski definition) is 5. The van der Waals surface area contributed by atoms with E-state index in [1.165, 1.54) is 10.6 Å². The maximum Gasteiger partial charge on any atom is 0.136 e. The second kappa shape index (κ2) is 6.48. The highest BCUT2D eigenvalue weighted by Crippen LogP contribution is 2.54. The van der Waals surface area contributed by atoms with Gasteiger partial charge in [0.25, 0.3) is 0 Å². The van der Waals surface area contributed by atoms with Gasteiger partial charge in [0, 0.05) is 27.2 Å². The molecule has 2 aliphatic rings. The molecule has 1 fully saturated rings. The topological polar surface area (TPSA) is 51.2 Å². The van der Waals surface area contributed by atoms with Crippen LogP contribution in [0.15, 0.2) is 0 Å². The number of aromatic nitrogens is 1. The molecule has 0 amide bonds. The fraction of sp³-hybridized carbons (Fsp3) is 0.842. The van der Waals surface area contributed by atoms with E-state index in [1.54, 1.807) is 11.3 Å². The van der Waals surface area contributed by atoms with E-state index in [1.807, 2.05) is 20.8 Å². The average molecular weight is 384 g/mol. The quantitative estimate of drug-likeness (QED) is 0.785. The van der Waals surface area contributed by atoms with Crippen LogP contribution in [0, 0.1) is 12.3 Å². The minimum Gasteiger partial charge on any atom is -0.598 e. The molecular formula is C19H33N3OS2. The lowest BCUT2D eigenvalue weighted by atomic mass is 9.73. The Morgan fingerprint density at radius 2 is 1.80 bits per heavy atom. The highest BCUT2D eigenvalue weighted by molar-refractivity contribution is 7.90. The molecule has 1 aromatic heterocycles. The molecule has 2 heterocycles. The first-order valence-corrected chi connectivity index (χ1v) is 11.3. The summed E-state index contributed by atoms with van der Waals surface area (Å²) in [6.45, 7) is 17.3. The highest BCUT2D eigenvalue weighted by atomic mass is 32.2. The molecule has 1 aliphatic carbocycles. The SMILES string of the molecule is Cc1nc2c(s1)[C@@H](N[S@+]([O-])C(C)(C)C)C1(CCN(C(C)(C)C)CC1)C2. The summed E-state index contributed by atoms with van der Waals surface area (Å²) < 4.78 is 16.1. The van der Waals surface area contributed by atoms with E-state index in [4.69, 9.17) is 4.98 Å². The molecule has 0 unspecified atom stereocenters. The second-order valence-corrected chi connectivity index (χ2v) is 12.9. The minimum absolute atomic E-state index is 0.171. The van der Waals surface area contributed by atoms with Crippen LogP contribution in [0.2, 0.25) is 0 Å². The zero-order valence-corrected chi connectivity index (χ0v) is 18.4. The van der Waals surface area contributed by atoms with E-state index in [0.717, 1.165) is 37.4 Å². The van der Waals surface area contributed by atoms with Gasteiger partial charge in [-0.3, -0.25) is 4.90 Å². The van der Waals surface area contributed by atoms with Crippen LogP contribution in [0.1, 0.15) is 76.0 Å². The van der Waals surface area contributed by atoms with Crippen molar-refractivity contribution in [2.24, 2.45) is 5.41 Å². The third-order valence-corrected chi connectivity index (χ3v) is 8.36. The molecule has 0 aromatic carbocycles. The molecule has 142 valence electrons. The first-order chi connectivity index (χ1) is 11.4. The third kappa shape index (κ3) is 3.79. The zero-order valence-electron chi connectivity index (χ0n) is 16.7. The molecule has 0 bridgehead atoms. The smallest absolute Gasteiger partial charge is 0.136 e. The first-order valence-electron chi connectivity index (χ1n) is 9.32. The van der Waals surface area contributed by atoms with Crippen LogP contribution in [0.3, 0.4) is 0 Å². The molecule has 1 N–H and O–H groups in total. The molecule has 1 aromatic rings. The van der Waals surface area contributed by atoms with Gasteiger partial charge in [-0.2, -0.15) is 0 Å². The molecule has 1 spiro atoms. The van der Waals surface area contributed by atoms with E-state index >= 15 is 0 Å². The van der Waals surface area contributed by atoms with Gasteiger partial charge in [-0.15, -0.1) is 16.1 Å². The second-order valence-electron chi connectivity index (χ2n) is 9.67. The van der Waals surface area contributed by atoms with Crippen LogP contribution in [0.5, 0.6) is 0 Å². The Balaban J connectivity index is 1.85. The van der Waals surface area contributed by atoms with Gasteiger partial charge in [-0.25, -0.2) is 4.98 Å². The van der Waals surface area contributed by atoms with Crippen molar-refractivity contribution in [2.45, 2.75) is 84.1 Å². The largest absolute Gasteiger partial charge is 0.598 e. The van der Waals surface area contributed by atoms with Gasteiger partial charge in [-0.05, 0) is 80.8 Å². The molecule has 0 radical (unpaired) electrons. The van der Waals surface area contributed by atoms with Crippen molar-refractivity contribution in [1.82, 2.24) is 14.6 Å². The highest BCUT2D eigenvalue weighted by Gasteiger charge is 2.52. The van der Waals surface area contributed by atoms with E-state index in [9.17, 15) is 4.55 Å². The van der Waals surface area contributed by atoms with Crippen molar-refractivity contribution in [3.05, 3.63) is 15.6 Å². The molecule has 1 saturated heterocycles. The Labute approximate surface area is 160 Å². The lowest BCUT2D eigenvalue weighted by Gasteiger charge is -2.47. The van der Waals surface area contributed by atoms with Crippen LogP contribution < -0.4 is 4.72 Å². The minimum atomic E-state index is -1.06. The number of nitrogens with zero attached hydrogens (tertiary/aromatic N) is 2. The van der Waals surface area contributed by atoms with Gasteiger partial charge in [0.1, 0.15) is 4.75 Å². The number of thiazole rings is 1. The number of likely N-dealkylation sites (tertiary alicyclic amines) is 1. The van der Waals surface area contributed by atoms with Crippen molar-refractivity contribution >= 4 is 22.7 Å². The van der Waals surface area contributed by atoms with E-state index in [2.05, 4.69) is 37.3 Å². The lowest BCUT2D eigenvalue weighted by Crippen LogP contribution is -2.53. The summed E-state index contributed by atoms with van der Waals surface area (Å²) in [4.78, 5) is 8.71. The number of hydrogen-bond donors (Lipinski definition) is 1. The number of piperidine rings is 1. The normalized spacial score (nSPS) is 25.4. The van der Waals surface area contributed by atoms with Gasteiger partial charge < -0.3 is 4.55 Å². The predicted molar refractivity (Wildman–Crippen MR) is 107 cm³/mol. The Morgan fingerprint density at radius 3 is 2.32 bits per heavy atom. The zero-order chi connectivity index (χ0) is 18.6. The van der Waals surface area contributed by atoms with Crippen LogP contribution in [0.4, 0.5) is 0 Å². The van der Waals surface area contributed by atoms with Crippen LogP contribution in [-0.2, 0) is 17.8 Å². The Hall–Kier alpha value is -0.140. The van der Waals surface area contributed by atoms with Crippen LogP contribution in [0.25, 0.3) is 0 Å². The van der Waals surface area contributed by atoms with E-state index in [-0.39, 0.29) is 21.7 Å². The van der Waals surface area contributed by atoms with E-state index < -0.39 is 11.4 Å². The summed E-state index contributed by atoms with van der Waals surface area (Å²) in [5.41, 5.74) is 1.64. The molecule has 1 aliphatic heterocycles. The standard InChI is InChI=1S/C19H33N3OS2/c1-13-20-14-12-19(8-10-22(11-9-19)17(2,3)4)16(15(14)24-13)21-25(23)18(5,6)7/h16,21H,8-12H2,1-7H3/t16-,25-/m1/s1. The Bertz CT molecular complexity index is 622. The van der Waals surface area contributed by atoms with Gasteiger partial charge >= 0.3 is 0 Å². The Morgan fingerprint density at radius 1 is 1.20 bits per heavy atom. The lowest BCUT2D eigenvalue weighted by molar-refractivity contribution is 0.0316. The summed E-state index contributed by atoms with van der Waals surface area (Å²) in [7, 11) is 0. The van der Waals surface area contributed by atoms with Gasteiger partial charge in [0.2, 0.25) is 0 Å². The van der Waals surface area contributed by atoms with Crippen LogP contribution in [-0.4, -0.2) is 37.8 Å².